The van der Waals surface area contributed by atoms with Crippen LogP contribution in [-0.2, 0) is 23.8 Å². The number of halogens is 3. The second-order valence-corrected chi connectivity index (χ2v) is 13.0. The minimum Gasteiger partial charge on any atom is -0.431 e. The van der Waals surface area contributed by atoms with E-state index < -0.39 is 83.0 Å². The van der Waals surface area contributed by atoms with Crippen LogP contribution in [0.1, 0.15) is 72.6 Å². The summed E-state index contributed by atoms with van der Waals surface area (Å²) in [5, 5.41) is 11.5. The minimum absolute atomic E-state index is 0.0173. The number of carbonyl (C=O) groups is 3. The lowest BCUT2D eigenvalue weighted by Gasteiger charge is -2.62. The van der Waals surface area contributed by atoms with Crippen molar-refractivity contribution >= 4 is 17.9 Å². The molecule has 0 saturated heterocycles. The van der Waals surface area contributed by atoms with Crippen LogP contribution in [0.15, 0.2) is 23.8 Å². The lowest BCUT2D eigenvalue weighted by atomic mass is 9.44. The number of rotatable bonds is 5. The molecule has 0 amide bonds. The number of ether oxygens (including phenoxy) is 3. The molecule has 0 radical (unpaired) electrons. The average molecular weight is 569 g/mol. The molecule has 1 unspecified atom stereocenters. The monoisotopic (exact) mass is 568 g/mol. The Morgan fingerprint density at radius 3 is 2.50 bits per heavy atom. The highest BCUT2D eigenvalue weighted by atomic mass is 19.1. The first-order valence-electron chi connectivity index (χ1n) is 14.3. The molecule has 4 saturated carbocycles. The van der Waals surface area contributed by atoms with Crippen LogP contribution in [0.2, 0.25) is 0 Å². The first kappa shape index (κ1) is 29.1. The normalized spacial score (nSPS) is 45.1. The zero-order valence-corrected chi connectivity index (χ0v) is 23.5. The van der Waals surface area contributed by atoms with E-state index in [0.29, 0.717) is 0 Å². The van der Waals surface area contributed by atoms with Crippen molar-refractivity contribution in [1.29, 1.82) is 0 Å². The van der Waals surface area contributed by atoms with E-state index in [9.17, 15) is 23.9 Å². The topological polar surface area (TPSA) is 99.1 Å². The van der Waals surface area contributed by atoms with Gasteiger partial charge >= 0.3 is 12.1 Å². The zero-order valence-electron chi connectivity index (χ0n) is 23.5. The predicted molar refractivity (Wildman–Crippen MR) is 137 cm³/mol. The van der Waals surface area contributed by atoms with Crippen molar-refractivity contribution in [2.45, 2.75) is 102 Å². The fourth-order valence-electron chi connectivity index (χ4n) is 9.20. The van der Waals surface area contributed by atoms with Crippen LogP contribution in [0.25, 0.3) is 0 Å². The van der Waals surface area contributed by atoms with Crippen molar-refractivity contribution in [2.24, 2.45) is 34.5 Å². The van der Waals surface area contributed by atoms with Gasteiger partial charge in [-0.2, -0.15) is 0 Å². The van der Waals surface area contributed by atoms with Gasteiger partial charge in [0.25, 0.3) is 0 Å². The lowest BCUT2D eigenvalue weighted by molar-refractivity contribution is -0.235. The molecule has 10 heteroatoms. The molecule has 0 aromatic heterocycles. The number of aliphatic hydroxyl groups excluding tert-OH is 1. The molecule has 0 spiro atoms. The molecular formula is C30H39F3O7. The minimum atomic E-state index is -2.37. The van der Waals surface area contributed by atoms with Gasteiger partial charge in [-0.25, -0.2) is 22.8 Å². The molecule has 40 heavy (non-hydrogen) atoms. The number of alkyl halides is 3. The van der Waals surface area contributed by atoms with Crippen LogP contribution >= 0.6 is 0 Å². The Kier molecular flexibility index (Phi) is 7.20. The van der Waals surface area contributed by atoms with E-state index in [2.05, 4.69) is 0 Å². The number of esters is 1. The molecule has 222 valence electrons. The van der Waals surface area contributed by atoms with Crippen molar-refractivity contribution in [3.05, 3.63) is 23.8 Å². The Labute approximate surface area is 232 Å². The van der Waals surface area contributed by atoms with Crippen LogP contribution < -0.4 is 0 Å². The van der Waals surface area contributed by atoms with Crippen LogP contribution in [0, 0.1) is 34.5 Å². The van der Waals surface area contributed by atoms with Crippen LogP contribution in [0.3, 0.4) is 0 Å². The van der Waals surface area contributed by atoms with Crippen molar-refractivity contribution in [1.82, 2.24) is 0 Å². The first-order valence-corrected chi connectivity index (χ1v) is 14.3. The highest BCUT2D eigenvalue weighted by Gasteiger charge is 2.79. The van der Waals surface area contributed by atoms with Gasteiger partial charge in [0.05, 0.1) is 6.10 Å². The molecule has 5 rings (SSSR count). The smallest absolute Gasteiger partial charge is 0.431 e. The molecule has 4 fully saturated rings. The maximum atomic E-state index is 17.4. The number of hydrogen-bond acceptors (Lipinski definition) is 7. The molecule has 0 aromatic rings. The SMILES string of the molecule is CC(OC(=O)O[C@]1(C(=O)OCF)[C@H](C)C[C@H]2[C@@H]3C[C@H](F)C4=CC(=O)C=C[C@]4(C)[C@@]3(F)[C@@H](O)C[C@@]21C)C1CCCC1. The van der Waals surface area contributed by atoms with Gasteiger partial charge in [0, 0.05) is 22.7 Å². The Hall–Kier alpha value is -2.36. The molecule has 7 nitrogen and oxygen atoms in total. The van der Waals surface area contributed by atoms with Crippen LogP contribution in [0.5, 0.6) is 0 Å². The second kappa shape index (κ2) is 9.88. The maximum absolute atomic E-state index is 17.4. The summed E-state index contributed by atoms with van der Waals surface area (Å²) in [6.45, 7) is 4.99. The van der Waals surface area contributed by atoms with Crippen molar-refractivity contribution < 1.29 is 46.9 Å². The molecular weight excluding hydrogens is 529 g/mol. The van der Waals surface area contributed by atoms with E-state index in [4.69, 9.17) is 14.2 Å². The number of fused-ring (bicyclic) bond motifs is 5. The summed E-state index contributed by atoms with van der Waals surface area (Å²) in [5.74, 6) is -4.07. The second-order valence-electron chi connectivity index (χ2n) is 13.0. The van der Waals surface area contributed by atoms with Gasteiger partial charge in [0.1, 0.15) is 12.3 Å². The standard InChI is InChI=1S/C30H39F3O7/c1-16-11-20-21-13-23(32)22-12-19(34)9-10-27(22,3)29(21,33)24(35)14-28(20,4)30(16,25(36)38-15-31)40-26(37)39-17(2)18-7-5-6-8-18/h9-10,12,16-18,20-21,23-24,35H,5-8,11,13-15H2,1-4H3/t16-,17?,20+,21+,23+,24+,27+,28+,29+,30+/m1/s1. The summed E-state index contributed by atoms with van der Waals surface area (Å²) >= 11 is 0. The largest absolute Gasteiger partial charge is 0.509 e. The molecule has 10 atom stereocenters. The molecule has 5 aliphatic carbocycles. The molecule has 0 heterocycles. The number of allylic oxidation sites excluding steroid dienone is 4. The zero-order chi connectivity index (χ0) is 29.3. The third-order valence-electron chi connectivity index (χ3n) is 11.2. The van der Waals surface area contributed by atoms with E-state index in [1.54, 1.807) is 20.8 Å². The number of aliphatic hydroxyl groups is 1. The quantitative estimate of drug-likeness (QED) is 0.438. The van der Waals surface area contributed by atoms with Crippen LogP contribution in [0.4, 0.5) is 18.0 Å². The number of carbonyl (C=O) groups excluding carboxylic acids is 3. The summed E-state index contributed by atoms with van der Waals surface area (Å²) in [4.78, 5) is 38.8. The predicted octanol–water partition coefficient (Wildman–Crippen LogP) is 5.49. The van der Waals surface area contributed by atoms with E-state index >= 15 is 8.78 Å². The van der Waals surface area contributed by atoms with Gasteiger partial charge in [-0.05, 0) is 75.5 Å². The van der Waals surface area contributed by atoms with E-state index in [1.807, 2.05) is 0 Å². The van der Waals surface area contributed by atoms with Crippen molar-refractivity contribution in [3.8, 4) is 0 Å². The lowest BCUT2D eigenvalue weighted by Crippen LogP contribution is -2.71. The Morgan fingerprint density at radius 1 is 1.18 bits per heavy atom. The molecule has 0 aromatic carbocycles. The van der Waals surface area contributed by atoms with Gasteiger partial charge in [0.2, 0.25) is 12.5 Å². The van der Waals surface area contributed by atoms with Crippen molar-refractivity contribution in [3.63, 3.8) is 0 Å². The van der Waals surface area contributed by atoms with E-state index in [1.165, 1.54) is 19.1 Å². The number of ketones is 1. The first-order chi connectivity index (χ1) is 18.8. The van der Waals surface area contributed by atoms with Gasteiger partial charge in [-0.3, -0.25) is 4.79 Å². The summed E-state index contributed by atoms with van der Waals surface area (Å²) in [5.41, 5.74) is -7.52. The summed E-state index contributed by atoms with van der Waals surface area (Å²) in [6.07, 6.45) is 1.94. The maximum Gasteiger partial charge on any atom is 0.509 e. The molecule has 0 aliphatic heterocycles. The number of hydrogen-bond donors (Lipinski definition) is 1. The van der Waals surface area contributed by atoms with E-state index in [-0.39, 0.29) is 30.8 Å². The molecule has 0 bridgehead atoms. The third-order valence-corrected chi connectivity index (χ3v) is 11.2. The van der Waals surface area contributed by atoms with Gasteiger partial charge in [0.15, 0.2) is 11.5 Å². The van der Waals surface area contributed by atoms with E-state index in [0.717, 1.165) is 31.8 Å². The fraction of sp³-hybridized carbons (Fsp3) is 0.767. The van der Waals surface area contributed by atoms with Crippen molar-refractivity contribution in [2.75, 3.05) is 6.86 Å². The Bertz CT molecular complexity index is 1130. The third kappa shape index (κ3) is 3.83. The summed E-state index contributed by atoms with van der Waals surface area (Å²) in [6, 6.07) is 0. The van der Waals surface area contributed by atoms with Gasteiger partial charge in [-0.1, -0.05) is 32.8 Å². The summed E-state index contributed by atoms with van der Waals surface area (Å²) < 4.78 is 62.8. The average Bonchev–Trinajstić information content (AvgIpc) is 3.50. The molecule has 5 aliphatic rings. The van der Waals surface area contributed by atoms with Gasteiger partial charge < -0.3 is 19.3 Å². The Balaban J connectivity index is 1.54. The Morgan fingerprint density at radius 2 is 1.85 bits per heavy atom. The van der Waals surface area contributed by atoms with Crippen LogP contribution in [-0.4, -0.2) is 59.5 Å². The molecule has 1 N–H and O–H groups in total. The summed E-state index contributed by atoms with van der Waals surface area (Å²) in [7, 11) is 0. The highest BCUT2D eigenvalue weighted by Crippen LogP contribution is 2.71. The highest BCUT2D eigenvalue weighted by molar-refractivity contribution is 6.01. The fourth-order valence-corrected chi connectivity index (χ4v) is 9.20. The van der Waals surface area contributed by atoms with Gasteiger partial charge in [-0.15, -0.1) is 0 Å².